The van der Waals surface area contributed by atoms with Gasteiger partial charge >= 0.3 is 0 Å². The van der Waals surface area contributed by atoms with Crippen LogP contribution in [0.5, 0.6) is 0 Å². The number of aromatic amines is 2. The van der Waals surface area contributed by atoms with Gasteiger partial charge in [-0.3, -0.25) is 19.2 Å². The van der Waals surface area contributed by atoms with Gasteiger partial charge in [0.1, 0.15) is 5.69 Å². The first-order chi connectivity index (χ1) is 20.2. The summed E-state index contributed by atoms with van der Waals surface area (Å²) < 4.78 is 0. The summed E-state index contributed by atoms with van der Waals surface area (Å²) in [5, 5.41) is 7.74. The standard InChI is InChI=1S/C31H33ClN6O4/c1-17-3-6-25-18(7-17)8-27(36-25)31(42)38-14-20-13-37(16-24(23(20)15-38)30(41)35-12-28(39)33-2)29(40)9-19-11-34-26-10-21(32)4-5-22(19)26/h3-8,10-11,20,23-24,34,36H,9,12-16H2,1-2H3,(H,33,39)(H,35,41). The Hall–Kier alpha value is -4.31. The second-order valence-corrected chi connectivity index (χ2v) is 11.8. The van der Waals surface area contributed by atoms with Gasteiger partial charge in [0.25, 0.3) is 5.91 Å². The summed E-state index contributed by atoms with van der Waals surface area (Å²) in [4.78, 5) is 62.4. The fourth-order valence-corrected chi connectivity index (χ4v) is 6.60. The number of carbonyl (C=O) groups excluding carboxylic acids is 4. The molecule has 0 aliphatic carbocycles. The SMILES string of the molecule is CNC(=O)CNC(=O)C1CN(C(=O)Cc2c[nH]c3cc(Cl)ccc23)CC2CN(C(=O)c3cc4cc(C)ccc4[nH]3)CC21. The second kappa shape index (κ2) is 11.2. The zero-order valence-corrected chi connectivity index (χ0v) is 24.3. The quantitative estimate of drug-likeness (QED) is 0.276. The molecule has 4 N–H and O–H groups in total. The predicted molar refractivity (Wildman–Crippen MR) is 160 cm³/mol. The van der Waals surface area contributed by atoms with Crippen LogP contribution in [-0.2, 0) is 20.8 Å². The smallest absolute Gasteiger partial charge is 0.270 e. The van der Waals surface area contributed by atoms with Crippen LogP contribution < -0.4 is 10.6 Å². The number of likely N-dealkylation sites (N-methyl/N-ethyl adjacent to an activating group) is 1. The molecule has 4 heterocycles. The van der Waals surface area contributed by atoms with Crippen molar-refractivity contribution >= 4 is 57.0 Å². The lowest BCUT2D eigenvalue weighted by Crippen LogP contribution is -2.54. The zero-order valence-electron chi connectivity index (χ0n) is 23.5. The molecule has 3 unspecified atom stereocenters. The minimum absolute atomic E-state index is 0.0733. The maximum Gasteiger partial charge on any atom is 0.270 e. The number of amides is 4. The molecule has 0 bridgehead atoms. The second-order valence-electron chi connectivity index (χ2n) is 11.4. The molecular weight excluding hydrogens is 556 g/mol. The van der Waals surface area contributed by atoms with E-state index in [2.05, 4.69) is 20.6 Å². The number of H-pyrrole nitrogens is 2. The molecular formula is C31H33ClN6O4. The van der Waals surface area contributed by atoms with Crippen molar-refractivity contribution in [2.45, 2.75) is 13.3 Å². The Bertz CT molecular complexity index is 1710. The monoisotopic (exact) mass is 588 g/mol. The number of aryl methyl sites for hydroxylation is 1. The van der Waals surface area contributed by atoms with Gasteiger partial charge in [-0.05, 0) is 54.7 Å². The average molecular weight is 589 g/mol. The summed E-state index contributed by atoms with van der Waals surface area (Å²) in [5.41, 5.74) is 4.21. The molecule has 2 aliphatic heterocycles. The maximum atomic E-state index is 13.6. The highest BCUT2D eigenvalue weighted by Crippen LogP contribution is 2.37. The van der Waals surface area contributed by atoms with Crippen molar-refractivity contribution in [3.05, 3.63) is 70.5 Å². The fraction of sp³-hybridized carbons (Fsp3) is 0.355. The normalized spacial score (nSPS) is 20.1. The van der Waals surface area contributed by atoms with Crippen molar-refractivity contribution in [2.24, 2.45) is 17.8 Å². The summed E-state index contributed by atoms with van der Waals surface area (Å²) >= 11 is 6.12. The van der Waals surface area contributed by atoms with Crippen LogP contribution in [0.15, 0.2) is 48.7 Å². The van der Waals surface area contributed by atoms with Crippen molar-refractivity contribution in [2.75, 3.05) is 39.8 Å². The summed E-state index contributed by atoms with van der Waals surface area (Å²) in [5.74, 6) is -1.58. The Morgan fingerprint density at radius 3 is 2.60 bits per heavy atom. The molecule has 4 amide bonds. The predicted octanol–water partition coefficient (Wildman–Crippen LogP) is 2.86. The lowest BCUT2D eigenvalue weighted by atomic mass is 9.79. The van der Waals surface area contributed by atoms with Crippen molar-refractivity contribution in [1.29, 1.82) is 0 Å². The number of benzene rings is 2. The number of halogens is 1. The number of nitrogens with one attached hydrogen (secondary N) is 4. The molecule has 0 saturated carbocycles. The van der Waals surface area contributed by atoms with Crippen LogP contribution in [0.2, 0.25) is 5.02 Å². The molecule has 2 aromatic carbocycles. The largest absolute Gasteiger partial charge is 0.361 e. The van der Waals surface area contributed by atoms with Crippen LogP contribution >= 0.6 is 11.6 Å². The number of carbonyl (C=O) groups is 4. The number of hydrogen-bond acceptors (Lipinski definition) is 4. The summed E-state index contributed by atoms with van der Waals surface area (Å²) in [7, 11) is 1.51. The first-order valence-corrected chi connectivity index (χ1v) is 14.5. The molecule has 2 aromatic heterocycles. The van der Waals surface area contributed by atoms with Crippen molar-refractivity contribution < 1.29 is 19.2 Å². The van der Waals surface area contributed by atoms with E-state index in [1.54, 1.807) is 15.9 Å². The number of piperidine rings is 1. The number of hydrogen-bond donors (Lipinski definition) is 4. The van der Waals surface area contributed by atoms with Crippen LogP contribution in [0, 0.1) is 24.7 Å². The number of likely N-dealkylation sites (tertiary alicyclic amines) is 2. The Labute approximate surface area is 247 Å². The van der Waals surface area contributed by atoms with Crippen molar-refractivity contribution in [3.8, 4) is 0 Å². The van der Waals surface area contributed by atoms with E-state index in [1.807, 2.05) is 49.5 Å². The van der Waals surface area contributed by atoms with E-state index >= 15 is 0 Å². The van der Waals surface area contributed by atoms with Gasteiger partial charge in [-0.25, -0.2) is 0 Å². The Balaban J connectivity index is 1.22. The van der Waals surface area contributed by atoms with Crippen molar-refractivity contribution in [3.63, 3.8) is 0 Å². The number of fused-ring (bicyclic) bond motifs is 3. The van der Waals surface area contributed by atoms with E-state index in [0.717, 1.165) is 32.9 Å². The first-order valence-electron chi connectivity index (χ1n) is 14.1. The Kier molecular flexibility index (Phi) is 7.40. The molecule has 11 heteroatoms. The molecule has 2 fully saturated rings. The summed E-state index contributed by atoms with van der Waals surface area (Å²) in [6.07, 6.45) is 1.99. The topological polar surface area (TPSA) is 130 Å². The number of nitrogens with zero attached hydrogens (tertiary/aromatic N) is 2. The van der Waals surface area contributed by atoms with E-state index in [9.17, 15) is 19.2 Å². The van der Waals surface area contributed by atoms with Crippen molar-refractivity contribution in [1.82, 2.24) is 30.4 Å². The van der Waals surface area contributed by atoms with Crippen LogP contribution in [-0.4, -0.2) is 83.2 Å². The van der Waals surface area contributed by atoms with Crippen LogP contribution in [0.1, 0.15) is 21.6 Å². The molecule has 10 nitrogen and oxygen atoms in total. The minimum Gasteiger partial charge on any atom is -0.361 e. The van der Waals surface area contributed by atoms with Gasteiger partial charge in [-0.1, -0.05) is 29.3 Å². The highest BCUT2D eigenvalue weighted by Gasteiger charge is 2.48. The third-order valence-corrected chi connectivity index (χ3v) is 8.87. The molecule has 218 valence electrons. The van der Waals surface area contributed by atoms with E-state index in [4.69, 9.17) is 11.6 Å². The van der Waals surface area contributed by atoms with Crippen LogP contribution in [0.3, 0.4) is 0 Å². The Morgan fingerprint density at radius 2 is 1.79 bits per heavy atom. The molecule has 42 heavy (non-hydrogen) atoms. The third-order valence-electron chi connectivity index (χ3n) is 8.64. The average Bonchev–Trinajstić information content (AvgIpc) is 3.71. The van der Waals surface area contributed by atoms with E-state index < -0.39 is 5.92 Å². The number of aromatic nitrogens is 2. The zero-order chi connectivity index (χ0) is 29.5. The molecule has 4 aromatic rings. The highest BCUT2D eigenvalue weighted by atomic mass is 35.5. The van der Waals surface area contributed by atoms with Gasteiger partial charge in [0, 0.05) is 66.3 Å². The minimum atomic E-state index is -0.553. The van der Waals surface area contributed by atoms with Crippen LogP contribution in [0.25, 0.3) is 21.8 Å². The molecule has 2 aliphatic rings. The van der Waals surface area contributed by atoms with E-state index in [1.165, 1.54) is 7.05 Å². The molecule has 0 radical (unpaired) electrons. The summed E-state index contributed by atoms with van der Waals surface area (Å²) in [6, 6.07) is 13.4. The van der Waals surface area contributed by atoms with Gasteiger partial charge < -0.3 is 30.4 Å². The van der Waals surface area contributed by atoms with Gasteiger partial charge in [0.05, 0.1) is 18.9 Å². The third kappa shape index (κ3) is 5.34. The molecule has 0 spiro atoms. The highest BCUT2D eigenvalue weighted by molar-refractivity contribution is 6.31. The number of rotatable bonds is 6. The van der Waals surface area contributed by atoms with E-state index in [-0.39, 0.29) is 55.0 Å². The maximum absolute atomic E-state index is 13.6. The lowest BCUT2D eigenvalue weighted by Gasteiger charge is -2.39. The molecule has 6 rings (SSSR count). The Morgan fingerprint density at radius 1 is 0.976 bits per heavy atom. The lowest BCUT2D eigenvalue weighted by molar-refractivity contribution is -0.139. The fourth-order valence-electron chi connectivity index (χ4n) is 6.43. The van der Waals surface area contributed by atoms with Gasteiger partial charge in [0.15, 0.2) is 0 Å². The van der Waals surface area contributed by atoms with Gasteiger partial charge in [0.2, 0.25) is 17.7 Å². The van der Waals surface area contributed by atoms with Gasteiger partial charge in [-0.15, -0.1) is 0 Å². The molecule has 2 saturated heterocycles. The summed E-state index contributed by atoms with van der Waals surface area (Å²) in [6.45, 7) is 3.38. The molecule has 3 atom stereocenters. The van der Waals surface area contributed by atoms with Gasteiger partial charge in [-0.2, -0.15) is 0 Å². The van der Waals surface area contributed by atoms with E-state index in [0.29, 0.717) is 30.4 Å². The first kappa shape index (κ1) is 27.8. The van der Waals surface area contributed by atoms with Crippen LogP contribution in [0.4, 0.5) is 0 Å².